The van der Waals surface area contributed by atoms with Crippen LogP contribution in [0.4, 0.5) is 0 Å². The topological polar surface area (TPSA) is 46.2 Å². The van der Waals surface area contributed by atoms with E-state index in [2.05, 4.69) is 4.72 Å². The monoisotopic (exact) mass is 203 g/mol. The average Bonchev–Trinajstić information content (AvgIpc) is 2.27. The Morgan fingerprint density at radius 1 is 1.00 bits per heavy atom. The van der Waals surface area contributed by atoms with Crippen LogP contribution in [0.2, 0.25) is 0 Å². The third-order valence-electron chi connectivity index (χ3n) is 3.39. The van der Waals surface area contributed by atoms with Crippen LogP contribution in [0.1, 0.15) is 32.1 Å². The molecule has 0 aromatic carbocycles. The zero-order valence-electron chi connectivity index (χ0n) is 7.83. The molecule has 0 unspecified atom stereocenters. The van der Waals surface area contributed by atoms with Gasteiger partial charge in [-0.2, -0.15) is 0 Å². The molecule has 0 bridgehead atoms. The third-order valence-corrected chi connectivity index (χ3v) is 4.77. The third kappa shape index (κ3) is 2.23. The van der Waals surface area contributed by atoms with Crippen molar-refractivity contribution < 1.29 is 8.42 Å². The molecular formula is C9H17NO2S. The number of sulfonamides is 1. The summed E-state index contributed by atoms with van der Waals surface area (Å²) in [6.07, 6.45) is 5.90. The lowest BCUT2D eigenvalue weighted by Crippen LogP contribution is -2.29. The standard InChI is InChI=1S/C9H17NO2S/c11-13(12)6-5-8-3-1-2-4-9(8)7-10-13/h8-10H,1-7H2/t8-,9+/m1/s1. The van der Waals surface area contributed by atoms with Crippen LogP contribution < -0.4 is 4.72 Å². The predicted octanol–water partition coefficient (Wildman–Crippen LogP) is 1.12. The molecule has 1 aliphatic heterocycles. The molecule has 0 radical (unpaired) electrons. The van der Waals surface area contributed by atoms with E-state index >= 15 is 0 Å². The zero-order chi connectivity index (χ0) is 9.31. The summed E-state index contributed by atoms with van der Waals surface area (Å²) in [6, 6.07) is 0. The van der Waals surface area contributed by atoms with E-state index in [1.807, 2.05) is 0 Å². The van der Waals surface area contributed by atoms with Gasteiger partial charge in [-0.25, -0.2) is 13.1 Å². The average molecular weight is 203 g/mol. The second-order valence-corrected chi connectivity index (χ2v) is 6.19. The Labute approximate surface area is 80.0 Å². The van der Waals surface area contributed by atoms with E-state index < -0.39 is 10.0 Å². The summed E-state index contributed by atoms with van der Waals surface area (Å²) < 4.78 is 25.3. The number of hydrogen-bond donors (Lipinski definition) is 1. The maximum atomic E-state index is 11.3. The van der Waals surface area contributed by atoms with Gasteiger partial charge in [0.05, 0.1) is 5.75 Å². The van der Waals surface area contributed by atoms with Crippen LogP contribution in [0, 0.1) is 11.8 Å². The molecule has 4 heteroatoms. The first-order chi connectivity index (χ1) is 6.17. The van der Waals surface area contributed by atoms with Gasteiger partial charge in [-0.3, -0.25) is 0 Å². The molecule has 2 aliphatic rings. The highest BCUT2D eigenvalue weighted by Gasteiger charge is 2.30. The molecule has 1 aliphatic carbocycles. The molecule has 2 atom stereocenters. The summed E-state index contributed by atoms with van der Waals surface area (Å²) in [4.78, 5) is 0. The van der Waals surface area contributed by atoms with Crippen molar-refractivity contribution in [2.75, 3.05) is 12.3 Å². The van der Waals surface area contributed by atoms with E-state index in [4.69, 9.17) is 0 Å². The van der Waals surface area contributed by atoms with Crippen LogP contribution in [-0.4, -0.2) is 20.7 Å². The largest absolute Gasteiger partial charge is 0.215 e. The van der Waals surface area contributed by atoms with Crippen LogP contribution in [0.15, 0.2) is 0 Å². The molecule has 2 rings (SSSR count). The van der Waals surface area contributed by atoms with Gasteiger partial charge in [-0.15, -0.1) is 0 Å². The van der Waals surface area contributed by atoms with Crippen molar-refractivity contribution in [1.29, 1.82) is 0 Å². The maximum Gasteiger partial charge on any atom is 0.211 e. The minimum absolute atomic E-state index is 0.341. The zero-order valence-corrected chi connectivity index (χ0v) is 8.65. The normalized spacial score (nSPS) is 39.1. The van der Waals surface area contributed by atoms with Crippen molar-refractivity contribution in [2.24, 2.45) is 11.8 Å². The first kappa shape index (κ1) is 9.46. The van der Waals surface area contributed by atoms with E-state index in [9.17, 15) is 8.42 Å². The Morgan fingerprint density at radius 3 is 2.46 bits per heavy atom. The second-order valence-electron chi connectivity index (χ2n) is 4.26. The molecule has 0 aromatic rings. The smallest absolute Gasteiger partial charge is 0.211 e. The van der Waals surface area contributed by atoms with E-state index in [0.717, 1.165) is 6.42 Å². The molecule has 3 nitrogen and oxygen atoms in total. The van der Waals surface area contributed by atoms with Gasteiger partial charge in [0.1, 0.15) is 0 Å². The summed E-state index contributed by atoms with van der Waals surface area (Å²) in [6.45, 7) is 0.688. The molecule has 1 N–H and O–H groups in total. The molecule has 0 amide bonds. The molecule has 13 heavy (non-hydrogen) atoms. The van der Waals surface area contributed by atoms with E-state index in [1.165, 1.54) is 25.7 Å². The Kier molecular flexibility index (Phi) is 2.60. The minimum atomic E-state index is -2.93. The van der Waals surface area contributed by atoms with Crippen LogP contribution in [0.25, 0.3) is 0 Å². The fourth-order valence-electron chi connectivity index (χ4n) is 2.55. The van der Waals surface area contributed by atoms with Gasteiger partial charge in [0.25, 0.3) is 0 Å². The second kappa shape index (κ2) is 3.58. The molecule has 2 fully saturated rings. The van der Waals surface area contributed by atoms with Crippen molar-refractivity contribution in [1.82, 2.24) is 4.72 Å². The quantitative estimate of drug-likeness (QED) is 0.641. The van der Waals surface area contributed by atoms with Crippen LogP contribution in [0.5, 0.6) is 0 Å². The summed E-state index contributed by atoms with van der Waals surface area (Å²) in [7, 11) is -2.93. The Bertz CT molecular complexity index is 251. The molecule has 1 saturated carbocycles. The number of rotatable bonds is 0. The van der Waals surface area contributed by atoms with E-state index in [-0.39, 0.29) is 0 Å². The van der Waals surface area contributed by atoms with Gasteiger partial charge in [-0.1, -0.05) is 19.3 Å². The first-order valence-corrected chi connectivity index (χ1v) is 6.80. The lowest BCUT2D eigenvalue weighted by Gasteiger charge is -2.28. The van der Waals surface area contributed by atoms with Gasteiger partial charge in [0.15, 0.2) is 0 Å². The van der Waals surface area contributed by atoms with Crippen LogP contribution in [-0.2, 0) is 10.0 Å². The van der Waals surface area contributed by atoms with Crippen LogP contribution >= 0.6 is 0 Å². The predicted molar refractivity (Wildman–Crippen MR) is 51.9 cm³/mol. The van der Waals surface area contributed by atoms with Gasteiger partial charge in [0.2, 0.25) is 10.0 Å². The lowest BCUT2D eigenvalue weighted by atomic mass is 9.78. The summed E-state index contributed by atoms with van der Waals surface area (Å²) in [5.41, 5.74) is 0. The Morgan fingerprint density at radius 2 is 1.69 bits per heavy atom. The van der Waals surface area contributed by atoms with Crippen molar-refractivity contribution in [2.45, 2.75) is 32.1 Å². The van der Waals surface area contributed by atoms with Gasteiger partial charge in [0, 0.05) is 6.54 Å². The molecule has 1 saturated heterocycles. The Balaban J connectivity index is 2.07. The summed E-state index contributed by atoms with van der Waals surface area (Å²) in [5.74, 6) is 1.62. The molecular weight excluding hydrogens is 186 g/mol. The van der Waals surface area contributed by atoms with Crippen molar-refractivity contribution in [3.63, 3.8) is 0 Å². The minimum Gasteiger partial charge on any atom is -0.215 e. The molecule has 1 heterocycles. The van der Waals surface area contributed by atoms with Crippen molar-refractivity contribution in [3.05, 3.63) is 0 Å². The summed E-state index contributed by atoms with van der Waals surface area (Å²) >= 11 is 0. The van der Waals surface area contributed by atoms with Crippen molar-refractivity contribution >= 4 is 10.0 Å². The molecule has 0 spiro atoms. The SMILES string of the molecule is O=S1(=O)CC[C@H]2CCCC[C@H]2CN1. The van der Waals surface area contributed by atoms with E-state index in [0.29, 0.717) is 24.1 Å². The number of hydrogen-bond acceptors (Lipinski definition) is 2. The van der Waals surface area contributed by atoms with Crippen LogP contribution in [0.3, 0.4) is 0 Å². The highest BCUT2D eigenvalue weighted by atomic mass is 32.2. The van der Waals surface area contributed by atoms with Gasteiger partial charge < -0.3 is 0 Å². The Hall–Kier alpha value is -0.0900. The van der Waals surface area contributed by atoms with Gasteiger partial charge >= 0.3 is 0 Å². The fraction of sp³-hybridized carbons (Fsp3) is 1.00. The number of nitrogens with one attached hydrogen (secondary N) is 1. The fourth-order valence-corrected chi connectivity index (χ4v) is 3.77. The lowest BCUT2D eigenvalue weighted by molar-refractivity contribution is 0.239. The molecule has 76 valence electrons. The highest BCUT2D eigenvalue weighted by Crippen LogP contribution is 2.33. The maximum absolute atomic E-state index is 11.3. The van der Waals surface area contributed by atoms with Gasteiger partial charge in [-0.05, 0) is 24.7 Å². The number of fused-ring (bicyclic) bond motifs is 1. The highest BCUT2D eigenvalue weighted by molar-refractivity contribution is 7.89. The van der Waals surface area contributed by atoms with E-state index in [1.54, 1.807) is 0 Å². The van der Waals surface area contributed by atoms with Crippen molar-refractivity contribution in [3.8, 4) is 0 Å². The first-order valence-electron chi connectivity index (χ1n) is 5.15. The summed E-state index contributed by atoms with van der Waals surface area (Å²) in [5, 5.41) is 0. The molecule has 0 aromatic heterocycles.